The summed E-state index contributed by atoms with van der Waals surface area (Å²) in [6.45, 7) is 2.04. The molecule has 0 saturated carbocycles. The molecule has 1 heterocycles. The Hall–Kier alpha value is -1.79. The van der Waals surface area contributed by atoms with E-state index in [1.165, 1.54) is 11.8 Å². The average Bonchev–Trinajstić information content (AvgIpc) is 2.95. The molecule has 1 atom stereocenters. The first-order chi connectivity index (χ1) is 10.6. The second-order valence-electron chi connectivity index (χ2n) is 4.90. The van der Waals surface area contributed by atoms with Gasteiger partial charge in [-0.1, -0.05) is 18.7 Å². The number of aromatic nitrogens is 2. The SMILES string of the molecule is CCC(=O)c1ccc(OCC(O)CSc2nccn2C)cc1. The lowest BCUT2D eigenvalue weighted by Gasteiger charge is -2.12. The molecule has 1 aromatic heterocycles. The summed E-state index contributed by atoms with van der Waals surface area (Å²) in [5.41, 5.74) is 0.681. The number of carbonyl (C=O) groups is 1. The number of benzene rings is 1. The molecule has 2 rings (SSSR count). The number of aliphatic hydroxyl groups excluding tert-OH is 1. The van der Waals surface area contributed by atoms with Crippen molar-refractivity contribution in [3.63, 3.8) is 0 Å². The van der Waals surface area contributed by atoms with Gasteiger partial charge in [-0.15, -0.1) is 0 Å². The van der Waals surface area contributed by atoms with E-state index in [2.05, 4.69) is 4.98 Å². The van der Waals surface area contributed by atoms with Gasteiger partial charge in [-0.25, -0.2) is 4.98 Å². The molecule has 0 aliphatic carbocycles. The molecule has 1 N–H and O–H groups in total. The maximum Gasteiger partial charge on any atom is 0.167 e. The number of ether oxygens (including phenoxy) is 1. The number of carbonyl (C=O) groups excluding carboxylic acids is 1. The third-order valence-electron chi connectivity index (χ3n) is 3.12. The van der Waals surface area contributed by atoms with Gasteiger partial charge in [0.15, 0.2) is 10.9 Å². The van der Waals surface area contributed by atoms with Gasteiger partial charge in [0, 0.05) is 37.2 Å². The summed E-state index contributed by atoms with van der Waals surface area (Å²) in [5.74, 6) is 1.27. The lowest BCUT2D eigenvalue weighted by molar-refractivity contribution is 0.0987. The number of ketones is 1. The molecule has 118 valence electrons. The lowest BCUT2D eigenvalue weighted by atomic mass is 10.1. The van der Waals surface area contributed by atoms with Crippen LogP contribution < -0.4 is 4.74 Å². The molecule has 1 unspecified atom stereocenters. The lowest BCUT2D eigenvalue weighted by Crippen LogP contribution is -2.20. The van der Waals surface area contributed by atoms with Crippen molar-refractivity contribution in [3.8, 4) is 5.75 Å². The quantitative estimate of drug-likeness (QED) is 0.598. The standard InChI is InChI=1S/C16H20N2O3S/c1-3-15(20)12-4-6-14(7-5-12)21-10-13(19)11-22-16-17-8-9-18(16)2/h4-9,13,19H,3,10-11H2,1-2H3. The molecule has 0 aliphatic heterocycles. The van der Waals surface area contributed by atoms with Gasteiger partial charge in [0.1, 0.15) is 12.4 Å². The zero-order chi connectivity index (χ0) is 15.9. The van der Waals surface area contributed by atoms with E-state index in [1.807, 2.05) is 24.7 Å². The Labute approximate surface area is 134 Å². The first-order valence-electron chi connectivity index (χ1n) is 7.14. The first kappa shape index (κ1) is 16.6. The van der Waals surface area contributed by atoms with Crippen LogP contribution >= 0.6 is 11.8 Å². The van der Waals surface area contributed by atoms with Crippen molar-refractivity contribution >= 4 is 17.5 Å². The molecule has 0 saturated heterocycles. The topological polar surface area (TPSA) is 64.3 Å². The van der Waals surface area contributed by atoms with Crippen molar-refractivity contribution in [1.82, 2.24) is 9.55 Å². The number of rotatable bonds is 8. The van der Waals surface area contributed by atoms with Gasteiger partial charge in [-0.05, 0) is 24.3 Å². The highest BCUT2D eigenvalue weighted by Crippen LogP contribution is 2.17. The fraction of sp³-hybridized carbons (Fsp3) is 0.375. The van der Waals surface area contributed by atoms with Crippen LogP contribution in [-0.2, 0) is 7.05 Å². The number of hydrogen-bond acceptors (Lipinski definition) is 5. The van der Waals surface area contributed by atoms with E-state index in [0.717, 1.165) is 5.16 Å². The third kappa shape index (κ3) is 4.61. The van der Waals surface area contributed by atoms with Crippen molar-refractivity contribution in [3.05, 3.63) is 42.2 Å². The van der Waals surface area contributed by atoms with Gasteiger partial charge < -0.3 is 14.4 Å². The highest BCUT2D eigenvalue weighted by molar-refractivity contribution is 7.99. The van der Waals surface area contributed by atoms with E-state index >= 15 is 0 Å². The molecule has 0 radical (unpaired) electrons. The van der Waals surface area contributed by atoms with Crippen LogP contribution in [0.25, 0.3) is 0 Å². The van der Waals surface area contributed by atoms with Crippen LogP contribution in [0.5, 0.6) is 5.75 Å². The molecule has 2 aromatic rings. The van der Waals surface area contributed by atoms with E-state index in [1.54, 1.807) is 30.5 Å². The predicted molar refractivity (Wildman–Crippen MR) is 86.5 cm³/mol. The van der Waals surface area contributed by atoms with Crippen LogP contribution in [0.3, 0.4) is 0 Å². The molecule has 0 aliphatic rings. The number of aryl methyl sites for hydroxylation is 1. The molecular weight excluding hydrogens is 300 g/mol. The molecule has 6 heteroatoms. The summed E-state index contributed by atoms with van der Waals surface area (Å²) >= 11 is 1.48. The largest absolute Gasteiger partial charge is 0.491 e. The molecular formula is C16H20N2O3S. The van der Waals surface area contributed by atoms with Gasteiger partial charge in [0.25, 0.3) is 0 Å². The summed E-state index contributed by atoms with van der Waals surface area (Å²) in [4.78, 5) is 15.7. The van der Waals surface area contributed by atoms with Crippen LogP contribution in [0.15, 0.2) is 41.8 Å². The summed E-state index contributed by atoms with van der Waals surface area (Å²) in [6.07, 6.45) is 3.50. The van der Waals surface area contributed by atoms with E-state index < -0.39 is 6.10 Å². The molecule has 0 fully saturated rings. The number of Topliss-reactive ketones (excluding diaryl/α,β-unsaturated/α-hetero) is 1. The number of imidazole rings is 1. The zero-order valence-corrected chi connectivity index (χ0v) is 13.5. The zero-order valence-electron chi connectivity index (χ0n) is 12.7. The maximum atomic E-state index is 11.5. The van der Waals surface area contributed by atoms with E-state index in [-0.39, 0.29) is 12.4 Å². The molecule has 5 nitrogen and oxygen atoms in total. The van der Waals surface area contributed by atoms with Gasteiger partial charge >= 0.3 is 0 Å². The third-order valence-corrected chi connectivity index (χ3v) is 4.32. The maximum absolute atomic E-state index is 11.5. The summed E-state index contributed by atoms with van der Waals surface area (Å²) in [5, 5.41) is 10.8. The minimum absolute atomic E-state index is 0.109. The van der Waals surface area contributed by atoms with E-state index in [0.29, 0.717) is 23.5 Å². The van der Waals surface area contributed by atoms with Crippen LogP contribution in [0.2, 0.25) is 0 Å². The van der Waals surface area contributed by atoms with Crippen molar-refractivity contribution in [1.29, 1.82) is 0 Å². The average molecular weight is 320 g/mol. The first-order valence-corrected chi connectivity index (χ1v) is 8.13. The van der Waals surface area contributed by atoms with E-state index in [9.17, 15) is 9.90 Å². The number of thioether (sulfide) groups is 1. The Morgan fingerprint density at radius 3 is 2.73 bits per heavy atom. The minimum Gasteiger partial charge on any atom is -0.491 e. The Kier molecular flexibility index (Phi) is 6.03. The van der Waals surface area contributed by atoms with Gasteiger partial charge in [-0.2, -0.15) is 0 Å². The summed E-state index contributed by atoms with van der Waals surface area (Å²) in [7, 11) is 1.91. The second kappa shape index (κ2) is 8.00. The highest BCUT2D eigenvalue weighted by atomic mass is 32.2. The predicted octanol–water partition coefficient (Wildman–Crippen LogP) is 2.54. The minimum atomic E-state index is -0.585. The number of hydrogen-bond donors (Lipinski definition) is 1. The number of nitrogens with zero attached hydrogens (tertiary/aromatic N) is 2. The molecule has 22 heavy (non-hydrogen) atoms. The normalized spacial score (nSPS) is 12.1. The molecule has 0 spiro atoms. The van der Waals surface area contributed by atoms with Gasteiger partial charge in [0.2, 0.25) is 0 Å². The van der Waals surface area contributed by atoms with Crippen LogP contribution in [0, 0.1) is 0 Å². The van der Waals surface area contributed by atoms with Crippen LogP contribution in [-0.4, -0.2) is 38.9 Å². The smallest absolute Gasteiger partial charge is 0.167 e. The van der Waals surface area contributed by atoms with Crippen LogP contribution in [0.4, 0.5) is 0 Å². The second-order valence-corrected chi connectivity index (χ2v) is 5.88. The Morgan fingerprint density at radius 1 is 1.41 bits per heavy atom. The van der Waals surface area contributed by atoms with Crippen LogP contribution in [0.1, 0.15) is 23.7 Å². The highest BCUT2D eigenvalue weighted by Gasteiger charge is 2.09. The van der Waals surface area contributed by atoms with Crippen molar-refractivity contribution in [2.45, 2.75) is 24.6 Å². The Morgan fingerprint density at radius 2 is 2.14 bits per heavy atom. The fourth-order valence-electron chi connectivity index (χ4n) is 1.84. The molecule has 0 bridgehead atoms. The molecule has 1 aromatic carbocycles. The Balaban J connectivity index is 1.77. The Bertz CT molecular complexity index is 610. The fourth-order valence-corrected chi connectivity index (χ4v) is 2.68. The van der Waals surface area contributed by atoms with Crippen molar-refractivity contribution < 1.29 is 14.6 Å². The van der Waals surface area contributed by atoms with Gasteiger partial charge in [0.05, 0.1) is 6.10 Å². The van der Waals surface area contributed by atoms with E-state index in [4.69, 9.17) is 4.74 Å². The monoisotopic (exact) mass is 320 g/mol. The summed E-state index contributed by atoms with van der Waals surface area (Å²) in [6, 6.07) is 7.00. The van der Waals surface area contributed by atoms with Crippen molar-refractivity contribution in [2.24, 2.45) is 7.05 Å². The summed E-state index contributed by atoms with van der Waals surface area (Å²) < 4.78 is 7.44. The van der Waals surface area contributed by atoms with Gasteiger partial charge in [-0.3, -0.25) is 4.79 Å². The molecule has 0 amide bonds. The van der Waals surface area contributed by atoms with Crippen molar-refractivity contribution in [2.75, 3.05) is 12.4 Å². The number of aliphatic hydroxyl groups is 1.